The summed E-state index contributed by atoms with van der Waals surface area (Å²) in [5, 5.41) is 1.54. The summed E-state index contributed by atoms with van der Waals surface area (Å²) in [5.41, 5.74) is 1.49. The number of fused-ring (bicyclic) bond motifs is 3. The normalized spacial score (nSPS) is 11.1. The molecule has 2 heterocycles. The Bertz CT molecular complexity index is 663. The predicted molar refractivity (Wildman–Crippen MR) is 54.3 cm³/mol. The van der Waals surface area contributed by atoms with E-state index in [0.717, 1.165) is 16.4 Å². The maximum atomic E-state index is 11.5. The van der Waals surface area contributed by atoms with Crippen LogP contribution in [0.5, 0.6) is 0 Å². The molecule has 0 unspecified atom stereocenters. The van der Waals surface area contributed by atoms with Crippen LogP contribution >= 0.6 is 0 Å². The van der Waals surface area contributed by atoms with Crippen molar-refractivity contribution in [1.82, 2.24) is 4.98 Å². The number of para-hydroxylation sites is 1. The third-order valence-corrected chi connectivity index (χ3v) is 2.35. The zero-order chi connectivity index (χ0) is 9.54. The highest BCUT2D eigenvalue weighted by Gasteiger charge is 2.06. The Morgan fingerprint density at radius 2 is 1.93 bits per heavy atom. The summed E-state index contributed by atoms with van der Waals surface area (Å²) in [4.78, 5) is 14.6. The average molecular weight is 185 g/mol. The fourth-order valence-corrected chi connectivity index (χ4v) is 1.73. The van der Waals surface area contributed by atoms with Crippen LogP contribution in [-0.2, 0) is 0 Å². The van der Waals surface area contributed by atoms with Gasteiger partial charge in [-0.05, 0) is 12.1 Å². The number of nitrogens with one attached hydrogen (secondary N) is 1. The summed E-state index contributed by atoms with van der Waals surface area (Å²) in [6, 6.07) is 9.44. The van der Waals surface area contributed by atoms with Gasteiger partial charge in [0.25, 0.3) is 0 Å². The Morgan fingerprint density at radius 3 is 2.86 bits per heavy atom. The van der Waals surface area contributed by atoms with Gasteiger partial charge in [0.15, 0.2) is 0 Å². The van der Waals surface area contributed by atoms with E-state index in [1.165, 1.54) is 6.26 Å². The third-order valence-electron chi connectivity index (χ3n) is 2.35. The Kier molecular flexibility index (Phi) is 1.31. The van der Waals surface area contributed by atoms with E-state index in [2.05, 4.69) is 4.98 Å². The van der Waals surface area contributed by atoms with Crippen LogP contribution in [-0.4, -0.2) is 4.98 Å². The van der Waals surface area contributed by atoms with Gasteiger partial charge in [0.2, 0.25) is 0 Å². The molecule has 1 aromatic carbocycles. The van der Waals surface area contributed by atoms with Crippen LogP contribution in [0.25, 0.3) is 21.8 Å². The summed E-state index contributed by atoms with van der Waals surface area (Å²) >= 11 is 0. The summed E-state index contributed by atoms with van der Waals surface area (Å²) in [6.45, 7) is 0. The van der Waals surface area contributed by atoms with Crippen LogP contribution in [0.1, 0.15) is 0 Å². The minimum absolute atomic E-state index is 0.292. The molecule has 0 atom stereocenters. The molecule has 3 nitrogen and oxygen atoms in total. The predicted octanol–water partition coefficient (Wildman–Crippen LogP) is 2.27. The first-order valence-electron chi connectivity index (χ1n) is 4.34. The molecule has 0 saturated carbocycles. The molecule has 1 N–H and O–H groups in total. The van der Waals surface area contributed by atoms with Gasteiger partial charge >= 0.3 is 5.63 Å². The summed E-state index contributed by atoms with van der Waals surface area (Å²) in [7, 11) is 0. The molecule has 3 rings (SSSR count). The number of benzene rings is 1. The van der Waals surface area contributed by atoms with Crippen LogP contribution in [0.3, 0.4) is 0 Å². The lowest BCUT2D eigenvalue weighted by Gasteiger charge is -1.86. The highest BCUT2D eigenvalue weighted by molar-refractivity contribution is 6.06. The van der Waals surface area contributed by atoms with Gasteiger partial charge in [0, 0.05) is 10.9 Å². The molecule has 3 heteroatoms. The number of hydrogen-bond donors (Lipinski definition) is 1. The first kappa shape index (κ1) is 7.38. The second-order valence-electron chi connectivity index (χ2n) is 3.17. The van der Waals surface area contributed by atoms with E-state index in [1.807, 2.05) is 24.3 Å². The van der Waals surface area contributed by atoms with Crippen molar-refractivity contribution in [3.8, 4) is 0 Å². The van der Waals surface area contributed by atoms with Crippen LogP contribution in [0.2, 0.25) is 0 Å². The van der Waals surface area contributed by atoms with E-state index in [1.54, 1.807) is 6.07 Å². The standard InChI is InChI=1S/C11H7NO2/c13-11-10-7-3-1-2-4-8(7)12-9(10)5-6-14-11/h1-6,12H. The molecule has 3 aromatic rings. The zero-order valence-corrected chi connectivity index (χ0v) is 7.28. The average Bonchev–Trinajstić information content (AvgIpc) is 2.57. The van der Waals surface area contributed by atoms with Crippen molar-refractivity contribution in [3.05, 3.63) is 47.0 Å². The van der Waals surface area contributed by atoms with Crippen molar-refractivity contribution in [2.75, 3.05) is 0 Å². The molecule has 0 spiro atoms. The lowest BCUT2D eigenvalue weighted by molar-refractivity contribution is 0.520. The van der Waals surface area contributed by atoms with Gasteiger partial charge in [-0.1, -0.05) is 18.2 Å². The van der Waals surface area contributed by atoms with Crippen molar-refractivity contribution in [2.24, 2.45) is 0 Å². The second kappa shape index (κ2) is 2.48. The molecule has 14 heavy (non-hydrogen) atoms. The van der Waals surface area contributed by atoms with Crippen LogP contribution in [0.4, 0.5) is 0 Å². The molecule has 0 aliphatic rings. The Labute approximate surface area is 79.0 Å². The molecule has 0 fully saturated rings. The largest absolute Gasteiger partial charge is 0.431 e. The summed E-state index contributed by atoms with van der Waals surface area (Å²) in [5.74, 6) is 0. The Morgan fingerprint density at radius 1 is 1.07 bits per heavy atom. The fourth-order valence-electron chi connectivity index (χ4n) is 1.73. The quantitative estimate of drug-likeness (QED) is 0.584. The van der Waals surface area contributed by atoms with Crippen molar-refractivity contribution in [1.29, 1.82) is 0 Å². The van der Waals surface area contributed by atoms with Gasteiger partial charge in [-0.3, -0.25) is 0 Å². The molecular weight excluding hydrogens is 178 g/mol. The smallest absolute Gasteiger partial charge is 0.345 e. The topological polar surface area (TPSA) is 46.0 Å². The lowest BCUT2D eigenvalue weighted by atomic mass is 10.2. The van der Waals surface area contributed by atoms with Crippen molar-refractivity contribution >= 4 is 21.8 Å². The van der Waals surface area contributed by atoms with Crippen molar-refractivity contribution in [3.63, 3.8) is 0 Å². The molecular formula is C11H7NO2. The van der Waals surface area contributed by atoms with Crippen molar-refractivity contribution in [2.45, 2.75) is 0 Å². The SMILES string of the molecule is O=c1occc2[nH]c3ccccc3c12. The Balaban J connectivity index is 2.73. The van der Waals surface area contributed by atoms with Gasteiger partial charge in [0.05, 0.1) is 17.2 Å². The fraction of sp³-hybridized carbons (Fsp3) is 0. The molecule has 2 aromatic heterocycles. The molecule has 0 aliphatic heterocycles. The minimum atomic E-state index is -0.292. The molecule has 0 aliphatic carbocycles. The number of aromatic amines is 1. The number of aromatic nitrogens is 1. The summed E-state index contributed by atoms with van der Waals surface area (Å²) < 4.78 is 4.83. The van der Waals surface area contributed by atoms with Crippen LogP contribution in [0, 0.1) is 0 Å². The van der Waals surface area contributed by atoms with Crippen LogP contribution in [0.15, 0.2) is 45.8 Å². The van der Waals surface area contributed by atoms with E-state index in [0.29, 0.717) is 5.39 Å². The van der Waals surface area contributed by atoms with E-state index >= 15 is 0 Å². The maximum absolute atomic E-state index is 11.5. The first-order chi connectivity index (χ1) is 6.86. The molecule has 0 saturated heterocycles. The Hall–Kier alpha value is -2.03. The van der Waals surface area contributed by atoms with Gasteiger partial charge in [-0.15, -0.1) is 0 Å². The van der Waals surface area contributed by atoms with E-state index in [4.69, 9.17) is 4.42 Å². The van der Waals surface area contributed by atoms with Crippen molar-refractivity contribution < 1.29 is 4.42 Å². The van der Waals surface area contributed by atoms with E-state index in [9.17, 15) is 4.79 Å². The van der Waals surface area contributed by atoms with Gasteiger partial charge in [0.1, 0.15) is 0 Å². The van der Waals surface area contributed by atoms with E-state index < -0.39 is 0 Å². The van der Waals surface area contributed by atoms with Gasteiger partial charge in [-0.2, -0.15) is 0 Å². The molecule has 68 valence electrons. The minimum Gasteiger partial charge on any atom is -0.431 e. The number of H-pyrrole nitrogens is 1. The second-order valence-corrected chi connectivity index (χ2v) is 3.17. The monoisotopic (exact) mass is 185 g/mol. The van der Waals surface area contributed by atoms with Gasteiger partial charge in [-0.25, -0.2) is 4.79 Å². The molecule has 0 bridgehead atoms. The maximum Gasteiger partial charge on any atom is 0.345 e. The highest BCUT2D eigenvalue weighted by atomic mass is 16.4. The van der Waals surface area contributed by atoms with Crippen LogP contribution < -0.4 is 5.63 Å². The summed E-state index contributed by atoms with van der Waals surface area (Å²) in [6.07, 6.45) is 1.40. The molecule has 0 amide bonds. The first-order valence-corrected chi connectivity index (χ1v) is 4.34. The van der Waals surface area contributed by atoms with E-state index in [-0.39, 0.29) is 5.63 Å². The number of hydrogen-bond acceptors (Lipinski definition) is 2. The lowest BCUT2D eigenvalue weighted by Crippen LogP contribution is -1.95. The number of rotatable bonds is 0. The third kappa shape index (κ3) is 0.836. The van der Waals surface area contributed by atoms with Gasteiger partial charge < -0.3 is 9.40 Å². The highest BCUT2D eigenvalue weighted by Crippen LogP contribution is 2.21. The molecule has 0 radical (unpaired) electrons. The zero-order valence-electron chi connectivity index (χ0n) is 7.28.